The Kier molecular flexibility index (Phi) is 3.97. The van der Waals surface area contributed by atoms with Crippen molar-refractivity contribution in [2.45, 2.75) is 19.8 Å². The quantitative estimate of drug-likeness (QED) is 0.610. The van der Waals surface area contributed by atoms with Gasteiger partial charge in [0.25, 0.3) is 0 Å². The molecule has 4 nitrogen and oxygen atoms in total. The third-order valence-corrected chi connectivity index (χ3v) is 1.84. The van der Waals surface area contributed by atoms with Gasteiger partial charge in [-0.05, 0) is 18.6 Å². The predicted molar refractivity (Wildman–Crippen MR) is 55.2 cm³/mol. The summed E-state index contributed by atoms with van der Waals surface area (Å²) in [5, 5.41) is 9.31. The zero-order chi connectivity index (χ0) is 11.3. The highest BCUT2D eigenvalue weighted by Gasteiger charge is 2.07. The molecule has 1 aromatic carbocycles. The lowest BCUT2D eigenvalue weighted by molar-refractivity contribution is -0.134. The zero-order valence-corrected chi connectivity index (χ0v) is 8.82. The standard InChI is InChI=1S/C11H14O4/c1-3-4-11(13)15-8-5-6-9(12)10(7-8)14-2/h5-7,12H,3-4H2,1-2H3. The molecular weight excluding hydrogens is 196 g/mol. The first kappa shape index (κ1) is 11.4. The van der Waals surface area contributed by atoms with E-state index in [-0.39, 0.29) is 17.5 Å². The molecule has 0 heterocycles. The summed E-state index contributed by atoms with van der Waals surface area (Å²) >= 11 is 0. The van der Waals surface area contributed by atoms with E-state index in [1.165, 1.54) is 25.3 Å². The van der Waals surface area contributed by atoms with Crippen LogP contribution in [-0.4, -0.2) is 18.2 Å². The molecule has 0 amide bonds. The topological polar surface area (TPSA) is 55.8 Å². The highest BCUT2D eigenvalue weighted by Crippen LogP contribution is 2.29. The second-order valence-electron chi connectivity index (χ2n) is 3.06. The number of ether oxygens (including phenoxy) is 2. The van der Waals surface area contributed by atoms with Gasteiger partial charge in [0.15, 0.2) is 11.5 Å². The van der Waals surface area contributed by atoms with Gasteiger partial charge in [-0.2, -0.15) is 0 Å². The van der Waals surface area contributed by atoms with E-state index >= 15 is 0 Å². The lowest BCUT2D eigenvalue weighted by atomic mass is 10.3. The monoisotopic (exact) mass is 210 g/mol. The van der Waals surface area contributed by atoms with Crippen molar-refractivity contribution in [3.63, 3.8) is 0 Å². The van der Waals surface area contributed by atoms with Crippen molar-refractivity contribution in [2.24, 2.45) is 0 Å². The maximum atomic E-state index is 11.2. The summed E-state index contributed by atoms with van der Waals surface area (Å²) in [6.07, 6.45) is 1.12. The number of methoxy groups -OCH3 is 1. The second kappa shape index (κ2) is 5.24. The summed E-state index contributed by atoms with van der Waals surface area (Å²) in [6.45, 7) is 1.90. The number of esters is 1. The van der Waals surface area contributed by atoms with Gasteiger partial charge in [-0.25, -0.2) is 0 Å². The summed E-state index contributed by atoms with van der Waals surface area (Å²) in [5.74, 6) is 0.401. The van der Waals surface area contributed by atoms with E-state index in [0.717, 1.165) is 6.42 Å². The number of carbonyl (C=O) groups is 1. The summed E-state index contributed by atoms with van der Waals surface area (Å²) < 4.78 is 9.91. The number of phenolic OH excluding ortho intramolecular Hbond substituents is 1. The first-order valence-electron chi connectivity index (χ1n) is 4.75. The lowest BCUT2D eigenvalue weighted by Crippen LogP contribution is -2.06. The minimum atomic E-state index is -0.287. The van der Waals surface area contributed by atoms with Gasteiger partial charge in [0.1, 0.15) is 5.75 Å². The van der Waals surface area contributed by atoms with E-state index < -0.39 is 0 Å². The minimum Gasteiger partial charge on any atom is -0.504 e. The molecule has 0 unspecified atom stereocenters. The van der Waals surface area contributed by atoms with Gasteiger partial charge in [-0.15, -0.1) is 0 Å². The normalized spacial score (nSPS) is 9.73. The first-order chi connectivity index (χ1) is 7.17. The van der Waals surface area contributed by atoms with Crippen LogP contribution in [0.25, 0.3) is 0 Å². The summed E-state index contributed by atoms with van der Waals surface area (Å²) in [5.41, 5.74) is 0. The van der Waals surface area contributed by atoms with Crippen LogP contribution in [0.3, 0.4) is 0 Å². The molecule has 1 N–H and O–H groups in total. The van der Waals surface area contributed by atoms with Crippen molar-refractivity contribution in [3.8, 4) is 17.2 Å². The average Bonchev–Trinajstić information content (AvgIpc) is 2.21. The third-order valence-electron chi connectivity index (χ3n) is 1.84. The highest BCUT2D eigenvalue weighted by molar-refractivity contribution is 5.72. The molecule has 82 valence electrons. The predicted octanol–water partition coefficient (Wildman–Crippen LogP) is 2.11. The van der Waals surface area contributed by atoms with Crippen LogP contribution in [0.5, 0.6) is 17.2 Å². The first-order valence-corrected chi connectivity index (χ1v) is 4.75. The van der Waals surface area contributed by atoms with E-state index in [1.807, 2.05) is 6.92 Å². The molecule has 0 bridgehead atoms. The molecule has 0 aliphatic carbocycles. The number of carbonyl (C=O) groups excluding carboxylic acids is 1. The maximum absolute atomic E-state index is 11.2. The highest BCUT2D eigenvalue weighted by atomic mass is 16.5. The van der Waals surface area contributed by atoms with Crippen LogP contribution in [0.1, 0.15) is 19.8 Å². The van der Waals surface area contributed by atoms with Gasteiger partial charge >= 0.3 is 5.97 Å². The number of benzene rings is 1. The van der Waals surface area contributed by atoms with Crippen LogP contribution < -0.4 is 9.47 Å². The van der Waals surface area contributed by atoms with Gasteiger partial charge in [0, 0.05) is 12.5 Å². The zero-order valence-electron chi connectivity index (χ0n) is 8.82. The molecule has 1 aromatic rings. The van der Waals surface area contributed by atoms with E-state index in [0.29, 0.717) is 12.2 Å². The van der Waals surface area contributed by atoms with Crippen molar-refractivity contribution >= 4 is 5.97 Å². The Morgan fingerprint density at radius 1 is 1.47 bits per heavy atom. The smallest absolute Gasteiger partial charge is 0.311 e. The van der Waals surface area contributed by atoms with Gasteiger partial charge in [0.2, 0.25) is 0 Å². The summed E-state index contributed by atoms with van der Waals surface area (Å²) in [6, 6.07) is 4.42. The fraction of sp³-hybridized carbons (Fsp3) is 0.364. The van der Waals surface area contributed by atoms with E-state index in [2.05, 4.69) is 0 Å². The molecule has 0 spiro atoms. The molecule has 0 aromatic heterocycles. The SMILES string of the molecule is CCCC(=O)Oc1ccc(O)c(OC)c1. The third kappa shape index (κ3) is 3.16. The molecule has 0 radical (unpaired) electrons. The molecule has 0 aliphatic heterocycles. The summed E-state index contributed by atoms with van der Waals surface area (Å²) in [4.78, 5) is 11.2. The molecule has 0 saturated carbocycles. The molecule has 15 heavy (non-hydrogen) atoms. The van der Waals surface area contributed by atoms with E-state index in [4.69, 9.17) is 9.47 Å². The van der Waals surface area contributed by atoms with Crippen molar-refractivity contribution in [1.82, 2.24) is 0 Å². The van der Waals surface area contributed by atoms with Gasteiger partial charge in [-0.3, -0.25) is 4.79 Å². The largest absolute Gasteiger partial charge is 0.504 e. The van der Waals surface area contributed by atoms with Gasteiger partial charge in [-0.1, -0.05) is 6.92 Å². The number of hydrogen-bond acceptors (Lipinski definition) is 4. The number of hydrogen-bond donors (Lipinski definition) is 1. The lowest BCUT2D eigenvalue weighted by Gasteiger charge is -2.06. The van der Waals surface area contributed by atoms with Crippen LogP contribution in [0.2, 0.25) is 0 Å². The van der Waals surface area contributed by atoms with Crippen LogP contribution >= 0.6 is 0 Å². The Bertz CT molecular complexity index is 346. The molecule has 4 heteroatoms. The molecular formula is C11H14O4. The number of phenols is 1. The number of aromatic hydroxyl groups is 1. The minimum absolute atomic E-state index is 0.0211. The maximum Gasteiger partial charge on any atom is 0.311 e. The van der Waals surface area contributed by atoms with Crippen molar-refractivity contribution in [2.75, 3.05) is 7.11 Å². The summed E-state index contributed by atoms with van der Waals surface area (Å²) in [7, 11) is 1.44. The fourth-order valence-corrected chi connectivity index (χ4v) is 1.11. The Morgan fingerprint density at radius 3 is 2.80 bits per heavy atom. The molecule has 0 atom stereocenters. The van der Waals surface area contributed by atoms with Crippen LogP contribution in [0.4, 0.5) is 0 Å². The molecule has 0 aliphatic rings. The van der Waals surface area contributed by atoms with Crippen molar-refractivity contribution < 1.29 is 19.4 Å². The fourth-order valence-electron chi connectivity index (χ4n) is 1.11. The number of rotatable bonds is 4. The van der Waals surface area contributed by atoms with Gasteiger partial charge in [0.05, 0.1) is 7.11 Å². The van der Waals surface area contributed by atoms with Crippen molar-refractivity contribution in [3.05, 3.63) is 18.2 Å². The Morgan fingerprint density at radius 2 is 2.20 bits per heavy atom. The van der Waals surface area contributed by atoms with Crippen LogP contribution in [0, 0.1) is 0 Å². The average molecular weight is 210 g/mol. The van der Waals surface area contributed by atoms with E-state index in [1.54, 1.807) is 0 Å². The van der Waals surface area contributed by atoms with E-state index in [9.17, 15) is 9.90 Å². The van der Waals surface area contributed by atoms with Crippen molar-refractivity contribution in [1.29, 1.82) is 0 Å². The Labute approximate surface area is 88.4 Å². The second-order valence-corrected chi connectivity index (χ2v) is 3.06. The molecule has 0 fully saturated rings. The van der Waals surface area contributed by atoms with Gasteiger partial charge < -0.3 is 14.6 Å². The molecule has 0 saturated heterocycles. The van der Waals surface area contributed by atoms with Crippen LogP contribution in [-0.2, 0) is 4.79 Å². The van der Waals surface area contributed by atoms with Crippen LogP contribution in [0.15, 0.2) is 18.2 Å². The Hall–Kier alpha value is -1.71. The molecule has 1 rings (SSSR count). The Balaban J connectivity index is 2.74.